The first kappa shape index (κ1) is 14.8. The summed E-state index contributed by atoms with van der Waals surface area (Å²) in [5.74, 6) is 0.786. The molecule has 1 atom stereocenters. The number of amides is 3. The molecule has 0 radical (unpaired) electrons. The molecule has 1 N–H and O–H groups in total. The van der Waals surface area contributed by atoms with Gasteiger partial charge in [-0.25, -0.2) is 0 Å². The number of nitrogens with zero attached hydrogens (tertiary/aromatic N) is 1. The molecule has 108 valence electrons. The van der Waals surface area contributed by atoms with Gasteiger partial charge in [-0.1, -0.05) is 31.9 Å². The average Bonchev–Trinajstić information content (AvgIpc) is 2.71. The van der Waals surface area contributed by atoms with Crippen LogP contribution in [0.3, 0.4) is 0 Å². The fraction of sp³-hybridized carbons (Fsp3) is 0.312. The van der Waals surface area contributed by atoms with Crippen molar-refractivity contribution in [2.45, 2.75) is 19.9 Å². The molecule has 1 aliphatic heterocycles. The summed E-state index contributed by atoms with van der Waals surface area (Å²) in [6.07, 6.45) is 5.12. The van der Waals surface area contributed by atoms with Crippen LogP contribution in [0.5, 0.6) is 0 Å². The van der Waals surface area contributed by atoms with Crippen LogP contribution >= 0.6 is 0 Å². The number of benzene rings is 1. The quantitative estimate of drug-likeness (QED) is 0.664. The number of imide groups is 1. The van der Waals surface area contributed by atoms with Crippen molar-refractivity contribution in [2.24, 2.45) is 5.92 Å². The minimum atomic E-state index is -0.870. The van der Waals surface area contributed by atoms with Crippen LogP contribution in [-0.4, -0.2) is 35.2 Å². The van der Waals surface area contributed by atoms with Crippen LogP contribution in [0.2, 0.25) is 0 Å². The van der Waals surface area contributed by atoms with E-state index in [1.54, 1.807) is 38.1 Å². The molecular weight excluding hydrogens is 268 g/mol. The topological polar surface area (TPSA) is 66.5 Å². The van der Waals surface area contributed by atoms with Crippen LogP contribution in [0.1, 0.15) is 34.6 Å². The summed E-state index contributed by atoms with van der Waals surface area (Å²) in [5.41, 5.74) is 0.663. The highest BCUT2D eigenvalue weighted by atomic mass is 16.2. The monoisotopic (exact) mass is 284 g/mol. The Hall–Kier alpha value is -2.61. The van der Waals surface area contributed by atoms with Crippen molar-refractivity contribution < 1.29 is 14.4 Å². The second-order valence-corrected chi connectivity index (χ2v) is 5.14. The van der Waals surface area contributed by atoms with E-state index in [0.29, 0.717) is 11.1 Å². The van der Waals surface area contributed by atoms with Crippen molar-refractivity contribution in [1.29, 1.82) is 0 Å². The molecular formula is C16H16N2O3. The van der Waals surface area contributed by atoms with Gasteiger partial charge in [0.1, 0.15) is 6.04 Å². The summed E-state index contributed by atoms with van der Waals surface area (Å²) in [5, 5.41) is 2.54. The molecule has 0 fully saturated rings. The molecule has 1 aromatic rings. The largest absolute Gasteiger partial charge is 0.343 e. The van der Waals surface area contributed by atoms with Crippen LogP contribution in [0.25, 0.3) is 0 Å². The second-order valence-electron chi connectivity index (χ2n) is 5.14. The van der Waals surface area contributed by atoms with Gasteiger partial charge in [0.2, 0.25) is 5.91 Å². The van der Waals surface area contributed by atoms with Gasteiger partial charge in [0.05, 0.1) is 17.7 Å². The van der Waals surface area contributed by atoms with E-state index >= 15 is 0 Å². The maximum atomic E-state index is 12.4. The Labute approximate surface area is 123 Å². The first-order valence-electron chi connectivity index (χ1n) is 6.67. The molecule has 1 unspecified atom stereocenters. The normalized spacial score (nSPS) is 14.9. The highest BCUT2D eigenvalue weighted by molar-refractivity contribution is 6.22. The standard InChI is InChI=1S/C16H16N2O3/c1-4-9-17-14(19)13(10(2)3)18-15(20)11-7-5-6-8-12(11)16(18)21/h1,5-8,10,13H,9H2,2-3H3,(H,17,19). The van der Waals surface area contributed by atoms with Crippen LogP contribution in [0.15, 0.2) is 24.3 Å². The highest BCUT2D eigenvalue weighted by Gasteiger charge is 2.43. The van der Waals surface area contributed by atoms with Crippen molar-refractivity contribution in [1.82, 2.24) is 10.2 Å². The predicted molar refractivity (Wildman–Crippen MR) is 77.4 cm³/mol. The van der Waals surface area contributed by atoms with E-state index in [1.165, 1.54) is 0 Å². The van der Waals surface area contributed by atoms with E-state index in [-0.39, 0.29) is 12.5 Å². The Morgan fingerprint density at radius 1 is 1.24 bits per heavy atom. The summed E-state index contributed by atoms with van der Waals surface area (Å²) in [6.45, 7) is 3.62. The summed E-state index contributed by atoms with van der Waals surface area (Å²) in [7, 11) is 0. The average molecular weight is 284 g/mol. The fourth-order valence-corrected chi connectivity index (χ4v) is 2.42. The van der Waals surface area contributed by atoms with Gasteiger partial charge in [0.15, 0.2) is 0 Å². The number of nitrogens with one attached hydrogen (secondary N) is 1. The van der Waals surface area contributed by atoms with E-state index in [0.717, 1.165) is 4.90 Å². The van der Waals surface area contributed by atoms with Gasteiger partial charge in [0.25, 0.3) is 11.8 Å². The molecule has 1 aliphatic rings. The first-order valence-corrected chi connectivity index (χ1v) is 6.67. The molecule has 1 heterocycles. The van der Waals surface area contributed by atoms with Crippen LogP contribution in [0, 0.1) is 18.3 Å². The number of hydrogen-bond donors (Lipinski definition) is 1. The maximum Gasteiger partial charge on any atom is 0.262 e. The number of rotatable bonds is 4. The zero-order valence-electron chi connectivity index (χ0n) is 11.9. The van der Waals surface area contributed by atoms with Crippen molar-refractivity contribution in [2.75, 3.05) is 6.54 Å². The number of carbonyl (C=O) groups excluding carboxylic acids is 3. The van der Waals surface area contributed by atoms with Gasteiger partial charge in [-0.3, -0.25) is 19.3 Å². The number of terminal acetylenes is 1. The summed E-state index contributed by atoms with van der Waals surface area (Å²) in [4.78, 5) is 38.1. The zero-order valence-corrected chi connectivity index (χ0v) is 11.9. The minimum Gasteiger partial charge on any atom is -0.343 e. The molecule has 0 aliphatic carbocycles. The lowest BCUT2D eigenvalue weighted by Gasteiger charge is -2.28. The predicted octanol–water partition coefficient (Wildman–Crippen LogP) is 1.06. The lowest BCUT2D eigenvalue weighted by Crippen LogP contribution is -2.52. The van der Waals surface area contributed by atoms with Gasteiger partial charge in [0, 0.05) is 0 Å². The molecule has 2 rings (SSSR count). The van der Waals surface area contributed by atoms with Crippen molar-refractivity contribution in [3.05, 3.63) is 35.4 Å². The minimum absolute atomic E-state index is 0.0607. The van der Waals surface area contributed by atoms with Gasteiger partial charge in [-0.2, -0.15) is 0 Å². The van der Waals surface area contributed by atoms with E-state index in [2.05, 4.69) is 11.2 Å². The van der Waals surface area contributed by atoms with E-state index in [9.17, 15) is 14.4 Å². The maximum absolute atomic E-state index is 12.4. The second kappa shape index (κ2) is 5.80. The third-order valence-electron chi connectivity index (χ3n) is 3.37. The molecule has 21 heavy (non-hydrogen) atoms. The van der Waals surface area contributed by atoms with E-state index in [4.69, 9.17) is 6.42 Å². The third-order valence-corrected chi connectivity index (χ3v) is 3.37. The lowest BCUT2D eigenvalue weighted by molar-refractivity contribution is -0.126. The van der Waals surface area contributed by atoms with Crippen LogP contribution in [0.4, 0.5) is 0 Å². The number of hydrogen-bond acceptors (Lipinski definition) is 3. The molecule has 0 bridgehead atoms. The van der Waals surface area contributed by atoms with Gasteiger partial charge in [-0.15, -0.1) is 6.42 Å². The molecule has 0 spiro atoms. The van der Waals surface area contributed by atoms with Crippen molar-refractivity contribution in [3.8, 4) is 12.3 Å². The number of carbonyl (C=O) groups is 3. The van der Waals surface area contributed by atoms with Crippen molar-refractivity contribution >= 4 is 17.7 Å². The van der Waals surface area contributed by atoms with Crippen LogP contribution < -0.4 is 5.32 Å². The molecule has 1 aromatic carbocycles. The Bertz CT molecular complexity index is 608. The molecule has 0 aromatic heterocycles. The Balaban J connectivity index is 2.36. The fourth-order valence-electron chi connectivity index (χ4n) is 2.42. The smallest absolute Gasteiger partial charge is 0.262 e. The van der Waals surface area contributed by atoms with Gasteiger partial charge < -0.3 is 5.32 Å². The SMILES string of the molecule is C#CCNC(=O)C(C(C)C)N1C(=O)c2ccccc2C1=O. The molecule has 5 nitrogen and oxygen atoms in total. The van der Waals surface area contributed by atoms with E-state index in [1.807, 2.05) is 0 Å². The summed E-state index contributed by atoms with van der Waals surface area (Å²) >= 11 is 0. The zero-order chi connectivity index (χ0) is 15.6. The Morgan fingerprint density at radius 2 is 1.76 bits per heavy atom. The summed E-state index contributed by atoms with van der Waals surface area (Å²) < 4.78 is 0. The molecule has 0 saturated heterocycles. The molecule has 3 amide bonds. The van der Waals surface area contributed by atoms with Crippen LogP contribution in [-0.2, 0) is 4.79 Å². The molecule has 5 heteroatoms. The van der Waals surface area contributed by atoms with Crippen molar-refractivity contribution in [3.63, 3.8) is 0 Å². The Morgan fingerprint density at radius 3 is 2.19 bits per heavy atom. The summed E-state index contributed by atoms with van der Waals surface area (Å²) in [6, 6.07) is 5.69. The number of fused-ring (bicyclic) bond motifs is 1. The lowest BCUT2D eigenvalue weighted by atomic mass is 10.0. The van der Waals surface area contributed by atoms with Gasteiger partial charge >= 0.3 is 0 Å². The van der Waals surface area contributed by atoms with E-state index < -0.39 is 23.8 Å². The van der Waals surface area contributed by atoms with Gasteiger partial charge in [-0.05, 0) is 18.1 Å². The third kappa shape index (κ3) is 2.52. The first-order chi connectivity index (χ1) is 9.99. The Kier molecular flexibility index (Phi) is 4.08. The molecule has 0 saturated carbocycles. The highest BCUT2D eigenvalue weighted by Crippen LogP contribution is 2.27.